The van der Waals surface area contributed by atoms with Crippen molar-refractivity contribution in [2.24, 2.45) is 5.41 Å². The number of hydrogen-bond donors (Lipinski definition) is 1. The molecule has 0 bridgehead atoms. The molecule has 4 aromatic rings. The van der Waals surface area contributed by atoms with Gasteiger partial charge in [-0.15, -0.1) is 0 Å². The summed E-state index contributed by atoms with van der Waals surface area (Å²) in [5, 5.41) is 3.14. The molecule has 1 aliphatic heterocycles. The first-order valence-electron chi connectivity index (χ1n) is 14.2. The maximum Gasteiger partial charge on any atom is 0.433 e. The van der Waals surface area contributed by atoms with Crippen molar-refractivity contribution in [1.82, 2.24) is 29.4 Å². The van der Waals surface area contributed by atoms with Crippen molar-refractivity contribution < 1.29 is 32.3 Å². The highest BCUT2D eigenvalue weighted by Crippen LogP contribution is 2.59. The number of likely N-dealkylation sites (tertiary alicyclic amines) is 1. The summed E-state index contributed by atoms with van der Waals surface area (Å²) in [5.74, 6) is -1.35. The number of amides is 2. The Balaban J connectivity index is 1.30. The van der Waals surface area contributed by atoms with Crippen LogP contribution in [0.3, 0.4) is 0 Å². The van der Waals surface area contributed by atoms with Crippen LogP contribution in [0.5, 0.6) is 6.01 Å². The molecule has 1 unspecified atom stereocenters. The second-order valence-corrected chi connectivity index (χ2v) is 11.9. The van der Waals surface area contributed by atoms with Gasteiger partial charge in [0.25, 0.3) is 0 Å². The standard InChI is InChI=1S/C31H30F3N7O4/c1-15-6-7-23(31(32,33)34)38-27(15)39-28(44)22-9-30(4)10-24(30)41(22)25(43)14-40-13-20(17(3)42)19-8-21(37-16(2)26(19)40)18-11-35-29(45-5)36-12-18/h6-8,11-13,22,24H,9-10,14H2,1-5H3,(H,38,39,44)/t22-,24?,30-/m0/s1. The fourth-order valence-corrected chi connectivity index (χ4v) is 6.23. The highest BCUT2D eigenvalue weighted by molar-refractivity contribution is 6.08. The number of alkyl halides is 3. The second kappa shape index (κ2) is 10.6. The van der Waals surface area contributed by atoms with Crippen LogP contribution in [0.2, 0.25) is 0 Å². The van der Waals surface area contributed by atoms with E-state index in [2.05, 4.69) is 20.3 Å². The van der Waals surface area contributed by atoms with E-state index in [0.717, 1.165) is 6.07 Å². The molecule has 1 saturated carbocycles. The minimum Gasteiger partial charge on any atom is -0.467 e. The number of hydrogen-bond acceptors (Lipinski definition) is 8. The van der Waals surface area contributed by atoms with E-state index in [9.17, 15) is 27.6 Å². The fraction of sp³-hybridized carbons (Fsp3) is 0.387. The van der Waals surface area contributed by atoms with Crippen molar-refractivity contribution >= 4 is 34.3 Å². The summed E-state index contributed by atoms with van der Waals surface area (Å²) >= 11 is 0. The van der Waals surface area contributed by atoms with Gasteiger partial charge in [0.2, 0.25) is 11.8 Å². The molecular weight excluding hydrogens is 591 g/mol. The first kappa shape index (κ1) is 30.2. The monoisotopic (exact) mass is 621 g/mol. The first-order valence-corrected chi connectivity index (χ1v) is 14.2. The Labute approximate surface area is 255 Å². The minimum atomic E-state index is -4.67. The summed E-state index contributed by atoms with van der Waals surface area (Å²) in [5.41, 5.74) is 1.68. The topological polar surface area (TPSA) is 132 Å². The van der Waals surface area contributed by atoms with Gasteiger partial charge in [0.15, 0.2) is 5.78 Å². The van der Waals surface area contributed by atoms with Gasteiger partial charge >= 0.3 is 12.2 Å². The van der Waals surface area contributed by atoms with E-state index in [1.54, 1.807) is 43.1 Å². The van der Waals surface area contributed by atoms with Crippen molar-refractivity contribution in [2.45, 2.75) is 65.3 Å². The molecule has 1 saturated heterocycles. The largest absolute Gasteiger partial charge is 0.467 e. The number of Topliss-reactive ketones (excluding diaryl/α,β-unsaturated/α-hetero) is 1. The number of nitrogens with one attached hydrogen (secondary N) is 1. The van der Waals surface area contributed by atoms with Crippen LogP contribution in [0.1, 0.15) is 54.0 Å². The zero-order chi connectivity index (χ0) is 32.4. The number of aromatic nitrogens is 5. The van der Waals surface area contributed by atoms with Crippen LogP contribution in [-0.4, -0.2) is 66.2 Å². The van der Waals surface area contributed by atoms with E-state index in [-0.39, 0.29) is 41.5 Å². The third kappa shape index (κ3) is 5.38. The summed E-state index contributed by atoms with van der Waals surface area (Å²) < 4.78 is 46.5. The molecule has 14 heteroatoms. The van der Waals surface area contributed by atoms with Gasteiger partial charge in [-0.2, -0.15) is 13.2 Å². The number of rotatable bonds is 7. The number of fused-ring (bicyclic) bond motifs is 2. The molecule has 2 aliphatic rings. The Morgan fingerprint density at radius 3 is 2.47 bits per heavy atom. The lowest BCUT2D eigenvalue weighted by molar-refractivity contribution is -0.141. The first-order chi connectivity index (χ1) is 21.2. The molecule has 2 amide bonds. The van der Waals surface area contributed by atoms with E-state index in [1.165, 1.54) is 25.0 Å². The third-order valence-electron chi connectivity index (χ3n) is 8.68. The molecule has 11 nitrogen and oxygen atoms in total. The van der Waals surface area contributed by atoms with E-state index in [1.807, 2.05) is 6.92 Å². The van der Waals surface area contributed by atoms with Gasteiger partial charge in [-0.3, -0.25) is 19.4 Å². The minimum absolute atomic E-state index is 0.172. The molecule has 5 heterocycles. The van der Waals surface area contributed by atoms with Crippen molar-refractivity contribution in [3.05, 3.63) is 59.3 Å². The maximum atomic E-state index is 13.9. The van der Waals surface area contributed by atoms with Crippen LogP contribution >= 0.6 is 0 Å². The lowest BCUT2D eigenvalue weighted by Gasteiger charge is -2.27. The summed E-state index contributed by atoms with van der Waals surface area (Å²) in [4.78, 5) is 58.2. The number of piperidine rings is 1. The number of aryl methyl sites for hydroxylation is 2. The smallest absolute Gasteiger partial charge is 0.433 e. The lowest BCUT2D eigenvalue weighted by Crippen LogP contribution is -2.46. The number of anilines is 1. The number of ketones is 1. The fourth-order valence-electron chi connectivity index (χ4n) is 6.23. The summed E-state index contributed by atoms with van der Waals surface area (Å²) in [6, 6.07) is 2.97. The van der Waals surface area contributed by atoms with Crippen LogP contribution in [0.25, 0.3) is 22.2 Å². The Kier molecular flexibility index (Phi) is 7.13. The number of carbonyl (C=O) groups is 3. The van der Waals surface area contributed by atoms with E-state index in [0.29, 0.717) is 51.8 Å². The highest BCUT2D eigenvalue weighted by atomic mass is 19.4. The molecule has 3 atom stereocenters. The summed E-state index contributed by atoms with van der Waals surface area (Å²) in [6.07, 6.45) is 1.14. The number of ether oxygens (including phenoxy) is 1. The molecule has 1 N–H and O–H groups in total. The SMILES string of the molecule is COc1ncc(-c2cc3c(C(C)=O)cn(CC(=O)N4C5C[C@]5(C)C[C@H]4C(=O)Nc4nc(C(F)(F)F)ccc4C)c3c(C)n2)cn1. The quantitative estimate of drug-likeness (QED) is 0.293. The Hall–Kier alpha value is -4.88. The van der Waals surface area contributed by atoms with Gasteiger partial charge in [0.05, 0.1) is 24.0 Å². The Bertz CT molecular complexity index is 1870. The number of carbonyl (C=O) groups excluding carboxylic acids is 3. The summed E-state index contributed by atoms with van der Waals surface area (Å²) in [6.45, 7) is 6.57. The van der Waals surface area contributed by atoms with Crippen LogP contribution in [0, 0.1) is 19.3 Å². The van der Waals surface area contributed by atoms with Crippen molar-refractivity contribution in [1.29, 1.82) is 0 Å². The molecule has 0 spiro atoms. The molecule has 0 aromatic carbocycles. The van der Waals surface area contributed by atoms with Crippen LogP contribution in [0.4, 0.5) is 19.0 Å². The number of nitrogens with zero attached hydrogens (tertiary/aromatic N) is 6. The molecule has 45 heavy (non-hydrogen) atoms. The average Bonchev–Trinajstić information content (AvgIpc) is 3.33. The number of pyridine rings is 2. The van der Waals surface area contributed by atoms with Gasteiger partial charge in [0.1, 0.15) is 24.1 Å². The van der Waals surface area contributed by atoms with Crippen molar-refractivity contribution in [3.63, 3.8) is 0 Å². The van der Waals surface area contributed by atoms with Gasteiger partial charge in [-0.05, 0) is 56.7 Å². The Morgan fingerprint density at radius 1 is 1.11 bits per heavy atom. The molecule has 1 aliphatic carbocycles. The average molecular weight is 622 g/mol. The van der Waals surface area contributed by atoms with Crippen molar-refractivity contribution in [2.75, 3.05) is 12.4 Å². The molecular formula is C31H30F3N7O4. The zero-order valence-electron chi connectivity index (χ0n) is 25.2. The highest BCUT2D eigenvalue weighted by Gasteiger charge is 2.64. The molecule has 0 radical (unpaired) electrons. The number of halogens is 3. The maximum absolute atomic E-state index is 13.9. The van der Waals surface area contributed by atoms with E-state index in [4.69, 9.17) is 9.72 Å². The van der Waals surface area contributed by atoms with Crippen molar-refractivity contribution in [3.8, 4) is 17.3 Å². The van der Waals surface area contributed by atoms with Crippen LogP contribution < -0.4 is 10.1 Å². The van der Waals surface area contributed by atoms with E-state index >= 15 is 0 Å². The predicted molar refractivity (Wildman–Crippen MR) is 156 cm³/mol. The second-order valence-electron chi connectivity index (χ2n) is 11.9. The number of methoxy groups -OCH3 is 1. The van der Waals surface area contributed by atoms with Crippen LogP contribution in [-0.2, 0) is 22.3 Å². The molecule has 6 rings (SSSR count). The molecule has 234 valence electrons. The summed E-state index contributed by atoms with van der Waals surface area (Å²) in [7, 11) is 1.46. The van der Waals surface area contributed by atoms with Gasteiger partial charge in [0, 0.05) is 41.1 Å². The molecule has 4 aromatic heterocycles. The predicted octanol–water partition coefficient (Wildman–Crippen LogP) is 4.75. The van der Waals surface area contributed by atoms with E-state index < -0.39 is 23.8 Å². The van der Waals surface area contributed by atoms with Gasteiger partial charge in [-0.25, -0.2) is 15.0 Å². The third-order valence-corrected chi connectivity index (χ3v) is 8.68. The van der Waals surface area contributed by atoms with Gasteiger partial charge in [-0.1, -0.05) is 13.0 Å². The normalized spacial score (nSPS) is 20.7. The van der Waals surface area contributed by atoms with Crippen LogP contribution in [0.15, 0.2) is 36.8 Å². The zero-order valence-corrected chi connectivity index (χ0v) is 25.2. The Morgan fingerprint density at radius 2 is 1.82 bits per heavy atom. The van der Waals surface area contributed by atoms with Gasteiger partial charge < -0.3 is 19.5 Å². The molecule has 2 fully saturated rings. The lowest BCUT2D eigenvalue weighted by atomic mass is 10.0.